The van der Waals surface area contributed by atoms with Gasteiger partial charge < -0.3 is 13.9 Å². The molecule has 1 aliphatic rings. The lowest BCUT2D eigenvalue weighted by Gasteiger charge is -2.35. The third-order valence-corrected chi connectivity index (χ3v) is 18.3. The third kappa shape index (κ3) is 8.20. The molecule has 0 aliphatic heterocycles. The fraction of sp³-hybridized carbons (Fsp3) is 0.0118. The highest BCUT2D eigenvalue weighted by molar-refractivity contribution is 6.16. The number of anilines is 3. The Hall–Kier alpha value is -11.5. The van der Waals surface area contributed by atoms with E-state index in [1.54, 1.807) is 0 Å². The molecular formula is C85H56N2O. The molecule has 0 saturated heterocycles. The van der Waals surface area contributed by atoms with Crippen LogP contribution in [0.5, 0.6) is 0 Å². The first-order chi connectivity index (χ1) is 43.7. The van der Waals surface area contributed by atoms with Gasteiger partial charge >= 0.3 is 0 Å². The molecule has 14 aromatic carbocycles. The standard InChI is InChI=1S/C85H56N2O/c1-5-23-57(24-6-1)60-45-49-68(50-46-60)87(80-43-22-44-82-84(80)74-56-64(48-52-81(74)88-82)63-47-51-79-73(55-63)70-36-15-18-42-78(70)86(79)67-33-11-4-12-34-67)77-41-17-14-35-69(77)71-38-21-40-76-83(71)72-37-13-16-39-75(72)85(76,65-31-19-29-61(53-65)58-25-7-2-8-26-58)66-32-20-30-62(54-66)59-27-9-3-10-28-59/h1-56H. The van der Waals surface area contributed by atoms with Gasteiger partial charge in [-0.15, -0.1) is 0 Å². The molecule has 1 aliphatic carbocycles. The summed E-state index contributed by atoms with van der Waals surface area (Å²) in [7, 11) is 0. The van der Waals surface area contributed by atoms with Gasteiger partial charge in [-0.1, -0.05) is 255 Å². The molecule has 0 saturated carbocycles. The zero-order valence-corrected chi connectivity index (χ0v) is 48.1. The van der Waals surface area contributed by atoms with Crippen molar-refractivity contribution in [1.29, 1.82) is 0 Å². The van der Waals surface area contributed by atoms with Gasteiger partial charge in [0, 0.05) is 33.1 Å². The molecule has 412 valence electrons. The Morgan fingerprint density at radius 1 is 0.284 bits per heavy atom. The summed E-state index contributed by atoms with van der Waals surface area (Å²) >= 11 is 0. The number of para-hydroxylation sites is 3. The van der Waals surface area contributed by atoms with E-state index in [-0.39, 0.29) is 0 Å². The summed E-state index contributed by atoms with van der Waals surface area (Å²) < 4.78 is 9.30. The number of benzene rings is 14. The molecule has 88 heavy (non-hydrogen) atoms. The second-order valence-corrected chi connectivity index (χ2v) is 23.1. The van der Waals surface area contributed by atoms with Crippen molar-refractivity contribution >= 4 is 60.8 Å². The number of fused-ring (bicyclic) bond motifs is 9. The summed E-state index contributed by atoms with van der Waals surface area (Å²) in [6, 6.07) is 125. The highest BCUT2D eigenvalue weighted by Gasteiger charge is 2.47. The van der Waals surface area contributed by atoms with Crippen molar-refractivity contribution in [2.24, 2.45) is 0 Å². The van der Waals surface area contributed by atoms with Gasteiger partial charge in [0.2, 0.25) is 0 Å². The lowest BCUT2D eigenvalue weighted by molar-refractivity contribution is 0.669. The Morgan fingerprint density at radius 2 is 0.761 bits per heavy atom. The fourth-order valence-corrected chi connectivity index (χ4v) is 14.4. The van der Waals surface area contributed by atoms with Gasteiger partial charge in [0.05, 0.1) is 33.2 Å². The molecule has 0 unspecified atom stereocenters. The summed E-state index contributed by atoms with van der Waals surface area (Å²) in [5.74, 6) is 0. The quantitative estimate of drug-likeness (QED) is 0.129. The Kier molecular flexibility index (Phi) is 12.1. The average molecular weight is 1120 g/mol. The van der Waals surface area contributed by atoms with E-state index in [9.17, 15) is 0 Å². The maximum absolute atomic E-state index is 6.93. The van der Waals surface area contributed by atoms with E-state index in [0.717, 1.165) is 72.5 Å². The molecule has 0 spiro atoms. The largest absolute Gasteiger partial charge is 0.456 e. The maximum atomic E-state index is 6.93. The predicted octanol–water partition coefficient (Wildman–Crippen LogP) is 22.9. The van der Waals surface area contributed by atoms with E-state index in [2.05, 4.69) is 349 Å². The van der Waals surface area contributed by atoms with Crippen molar-refractivity contribution in [3.63, 3.8) is 0 Å². The number of nitrogens with zero attached hydrogens (tertiary/aromatic N) is 2. The maximum Gasteiger partial charge on any atom is 0.137 e. The smallest absolute Gasteiger partial charge is 0.137 e. The van der Waals surface area contributed by atoms with Crippen LogP contribution in [0.1, 0.15) is 22.3 Å². The average Bonchev–Trinajstić information content (AvgIpc) is 1.54. The molecule has 0 amide bonds. The van der Waals surface area contributed by atoms with E-state index >= 15 is 0 Å². The number of hydrogen-bond acceptors (Lipinski definition) is 2. The second kappa shape index (κ2) is 20.9. The number of aromatic nitrogens is 1. The van der Waals surface area contributed by atoms with E-state index in [1.165, 1.54) is 83.0 Å². The topological polar surface area (TPSA) is 21.3 Å². The van der Waals surface area contributed by atoms with Gasteiger partial charge in [0.15, 0.2) is 0 Å². The Labute approximate surface area is 511 Å². The van der Waals surface area contributed by atoms with Gasteiger partial charge in [0.25, 0.3) is 0 Å². The first kappa shape index (κ1) is 50.9. The van der Waals surface area contributed by atoms with E-state index in [0.29, 0.717) is 0 Å². The van der Waals surface area contributed by atoms with Gasteiger partial charge in [-0.2, -0.15) is 0 Å². The van der Waals surface area contributed by atoms with Crippen LogP contribution in [-0.2, 0) is 5.41 Å². The minimum absolute atomic E-state index is 0.693. The highest BCUT2D eigenvalue weighted by atomic mass is 16.3. The van der Waals surface area contributed by atoms with Gasteiger partial charge in [0.1, 0.15) is 11.2 Å². The third-order valence-electron chi connectivity index (χ3n) is 18.3. The normalized spacial score (nSPS) is 12.4. The molecule has 3 nitrogen and oxygen atoms in total. The van der Waals surface area contributed by atoms with Crippen molar-refractivity contribution in [3.05, 3.63) is 362 Å². The second-order valence-electron chi connectivity index (χ2n) is 23.1. The monoisotopic (exact) mass is 1120 g/mol. The molecule has 0 radical (unpaired) electrons. The fourth-order valence-electron chi connectivity index (χ4n) is 14.4. The summed E-state index contributed by atoms with van der Waals surface area (Å²) in [6.07, 6.45) is 0. The summed E-state index contributed by atoms with van der Waals surface area (Å²) in [5.41, 5.74) is 26.5. The Bertz CT molecular complexity index is 5230. The van der Waals surface area contributed by atoms with E-state index in [4.69, 9.17) is 4.42 Å². The van der Waals surface area contributed by atoms with Gasteiger partial charge in [-0.3, -0.25) is 0 Å². The molecule has 0 N–H and O–H groups in total. The summed E-state index contributed by atoms with van der Waals surface area (Å²) in [5, 5.41) is 4.53. The molecule has 2 aromatic heterocycles. The summed E-state index contributed by atoms with van der Waals surface area (Å²) in [6.45, 7) is 0. The summed E-state index contributed by atoms with van der Waals surface area (Å²) in [4.78, 5) is 2.47. The van der Waals surface area contributed by atoms with Crippen molar-refractivity contribution in [1.82, 2.24) is 4.57 Å². The van der Waals surface area contributed by atoms with E-state index in [1.807, 2.05) is 0 Å². The van der Waals surface area contributed by atoms with Crippen LogP contribution < -0.4 is 4.90 Å². The molecule has 17 rings (SSSR count). The Balaban J connectivity index is 0.882. The Morgan fingerprint density at radius 3 is 1.47 bits per heavy atom. The highest BCUT2D eigenvalue weighted by Crippen LogP contribution is 2.60. The number of hydrogen-bond donors (Lipinski definition) is 0. The van der Waals surface area contributed by atoms with Gasteiger partial charge in [-0.05, 0) is 168 Å². The first-order valence-corrected chi connectivity index (χ1v) is 30.3. The molecule has 0 bridgehead atoms. The van der Waals surface area contributed by atoms with Crippen LogP contribution in [0.15, 0.2) is 344 Å². The van der Waals surface area contributed by atoms with Crippen LogP contribution in [0.3, 0.4) is 0 Å². The van der Waals surface area contributed by atoms with Crippen molar-refractivity contribution < 1.29 is 4.42 Å². The zero-order valence-electron chi connectivity index (χ0n) is 48.1. The molecule has 0 atom stereocenters. The first-order valence-electron chi connectivity index (χ1n) is 30.3. The minimum atomic E-state index is -0.693. The number of furan rings is 1. The van der Waals surface area contributed by atoms with Crippen LogP contribution in [0.4, 0.5) is 17.1 Å². The van der Waals surface area contributed by atoms with Crippen LogP contribution in [0.25, 0.3) is 116 Å². The van der Waals surface area contributed by atoms with E-state index < -0.39 is 5.41 Å². The minimum Gasteiger partial charge on any atom is -0.456 e. The van der Waals surface area contributed by atoms with Crippen LogP contribution >= 0.6 is 0 Å². The van der Waals surface area contributed by atoms with Gasteiger partial charge in [-0.25, -0.2) is 0 Å². The molecule has 3 heteroatoms. The SMILES string of the molecule is c1ccc(-c2ccc(N(c3ccccc3-c3cccc4c3-c3ccccc3C4(c3cccc(-c4ccccc4)c3)c3cccc(-c4ccccc4)c3)c3cccc4oc5ccc(-c6ccc7c(c6)c6ccccc6n7-c6ccccc6)cc5c34)cc2)cc1. The molecular weight excluding hydrogens is 1060 g/mol. The van der Waals surface area contributed by atoms with Crippen LogP contribution in [-0.4, -0.2) is 4.57 Å². The lowest BCUT2D eigenvalue weighted by Crippen LogP contribution is -2.28. The van der Waals surface area contributed by atoms with Crippen molar-refractivity contribution in [2.75, 3.05) is 4.90 Å². The molecule has 2 heterocycles. The lowest BCUT2D eigenvalue weighted by atomic mass is 9.67. The van der Waals surface area contributed by atoms with Crippen LogP contribution in [0.2, 0.25) is 0 Å². The van der Waals surface area contributed by atoms with Crippen molar-refractivity contribution in [2.45, 2.75) is 5.41 Å². The molecule has 0 fully saturated rings. The number of rotatable bonds is 11. The molecule has 16 aromatic rings. The van der Waals surface area contributed by atoms with Crippen molar-refractivity contribution in [3.8, 4) is 72.4 Å². The van der Waals surface area contributed by atoms with Crippen LogP contribution in [0, 0.1) is 0 Å². The predicted molar refractivity (Wildman–Crippen MR) is 367 cm³/mol. The zero-order chi connectivity index (χ0) is 58.1.